The predicted molar refractivity (Wildman–Crippen MR) is 67.8 cm³/mol. The zero-order valence-electron chi connectivity index (χ0n) is 10.2. The molecular weight excluding hydrogens is 198 g/mol. The van der Waals surface area contributed by atoms with Crippen molar-refractivity contribution in [3.63, 3.8) is 0 Å². The van der Waals surface area contributed by atoms with E-state index in [-0.39, 0.29) is 0 Å². The molecule has 0 aliphatic carbocycles. The van der Waals surface area contributed by atoms with Gasteiger partial charge in [0, 0.05) is 13.0 Å². The maximum absolute atomic E-state index is 4.51. The molecule has 1 aromatic carbocycles. The number of imidazole rings is 1. The monoisotopic (exact) mass is 217 g/mol. The van der Waals surface area contributed by atoms with E-state index >= 15 is 0 Å². The van der Waals surface area contributed by atoms with Gasteiger partial charge in [0.25, 0.3) is 0 Å². The Kier molecular flexibility index (Phi) is 3.25. The van der Waals surface area contributed by atoms with Gasteiger partial charge in [0.2, 0.25) is 0 Å². The fraction of sp³-hybridized carbons (Fsp3) is 0.462. The molecule has 2 aromatic rings. The summed E-state index contributed by atoms with van der Waals surface area (Å²) >= 11 is 0. The number of hydrogen-bond donors (Lipinski definition) is 2. The third kappa shape index (κ3) is 2.09. The summed E-state index contributed by atoms with van der Waals surface area (Å²) in [5, 5.41) is 3.20. The van der Waals surface area contributed by atoms with Crippen molar-refractivity contribution in [3.05, 3.63) is 29.6 Å². The molecule has 0 amide bonds. The van der Waals surface area contributed by atoms with Crippen LogP contribution in [-0.4, -0.2) is 23.6 Å². The first-order chi connectivity index (χ1) is 7.74. The van der Waals surface area contributed by atoms with E-state index in [4.69, 9.17) is 0 Å². The molecule has 0 saturated carbocycles. The van der Waals surface area contributed by atoms with Crippen LogP contribution in [0.5, 0.6) is 0 Å². The van der Waals surface area contributed by atoms with Gasteiger partial charge in [-0.05, 0) is 30.7 Å². The molecule has 16 heavy (non-hydrogen) atoms. The molecule has 2 N–H and O–H groups in total. The normalized spacial score (nSPS) is 13.2. The number of aromatic nitrogens is 2. The van der Waals surface area contributed by atoms with Gasteiger partial charge in [-0.1, -0.05) is 19.9 Å². The van der Waals surface area contributed by atoms with Gasteiger partial charge in [0.1, 0.15) is 5.82 Å². The van der Waals surface area contributed by atoms with Crippen LogP contribution in [0.3, 0.4) is 0 Å². The van der Waals surface area contributed by atoms with Crippen LogP contribution < -0.4 is 5.32 Å². The molecule has 3 nitrogen and oxygen atoms in total. The van der Waals surface area contributed by atoms with Crippen molar-refractivity contribution in [2.45, 2.75) is 26.2 Å². The molecule has 0 bridgehead atoms. The first-order valence-electron chi connectivity index (χ1n) is 5.87. The molecule has 1 unspecified atom stereocenters. The number of H-pyrrole nitrogens is 1. The van der Waals surface area contributed by atoms with Crippen molar-refractivity contribution in [1.82, 2.24) is 15.3 Å². The summed E-state index contributed by atoms with van der Waals surface area (Å²) in [4.78, 5) is 7.86. The molecule has 86 valence electrons. The number of nitrogens with zero attached hydrogens (tertiary/aromatic N) is 1. The first kappa shape index (κ1) is 11.1. The van der Waals surface area contributed by atoms with E-state index in [0.717, 1.165) is 29.8 Å². The van der Waals surface area contributed by atoms with E-state index in [1.54, 1.807) is 0 Å². The lowest BCUT2D eigenvalue weighted by molar-refractivity contribution is 0.678. The smallest absolute Gasteiger partial charge is 0.106 e. The standard InChI is InChI=1S/C13H19N3/c1-4-13-15-11-6-5-10(7-12(11)16-13)9(2)8-14-3/h5-7,9,14H,4,8H2,1-3H3,(H,15,16). The van der Waals surface area contributed by atoms with Gasteiger partial charge in [-0.3, -0.25) is 0 Å². The number of benzene rings is 1. The average molecular weight is 217 g/mol. The number of hydrogen-bond acceptors (Lipinski definition) is 2. The Balaban J connectivity index is 2.35. The van der Waals surface area contributed by atoms with E-state index < -0.39 is 0 Å². The predicted octanol–water partition coefficient (Wildman–Crippen LogP) is 2.45. The highest BCUT2D eigenvalue weighted by atomic mass is 14.9. The first-order valence-corrected chi connectivity index (χ1v) is 5.87. The van der Waals surface area contributed by atoms with Crippen molar-refractivity contribution < 1.29 is 0 Å². The maximum atomic E-state index is 4.51. The third-order valence-electron chi connectivity index (χ3n) is 2.97. The number of aryl methyl sites for hydroxylation is 1. The second-order valence-corrected chi connectivity index (χ2v) is 4.27. The molecule has 3 heteroatoms. The number of nitrogens with one attached hydrogen (secondary N) is 2. The Morgan fingerprint density at radius 1 is 1.44 bits per heavy atom. The van der Waals surface area contributed by atoms with E-state index in [2.05, 4.69) is 47.3 Å². The summed E-state index contributed by atoms with van der Waals surface area (Å²) in [6, 6.07) is 6.49. The number of likely N-dealkylation sites (N-methyl/N-ethyl adjacent to an activating group) is 1. The van der Waals surface area contributed by atoms with Crippen LogP contribution >= 0.6 is 0 Å². The van der Waals surface area contributed by atoms with Crippen LogP contribution in [-0.2, 0) is 6.42 Å². The Morgan fingerprint density at radius 3 is 2.94 bits per heavy atom. The molecule has 1 atom stereocenters. The lowest BCUT2D eigenvalue weighted by Gasteiger charge is -2.10. The largest absolute Gasteiger partial charge is 0.342 e. The molecule has 0 aliphatic heterocycles. The average Bonchev–Trinajstić information content (AvgIpc) is 2.70. The van der Waals surface area contributed by atoms with Crippen molar-refractivity contribution in [3.8, 4) is 0 Å². The van der Waals surface area contributed by atoms with Gasteiger partial charge in [-0.25, -0.2) is 4.98 Å². The zero-order chi connectivity index (χ0) is 11.5. The lowest BCUT2D eigenvalue weighted by Crippen LogP contribution is -2.14. The molecule has 0 spiro atoms. The maximum Gasteiger partial charge on any atom is 0.106 e. The lowest BCUT2D eigenvalue weighted by atomic mass is 10.0. The third-order valence-corrected chi connectivity index (χ3v) is 2.97. The number of fused-ring (bicyclic) bond motifs is 1. The van der Waals surface area contributed by atoms with Gasteiger partial charge in [-0.15, -0.1) is 0 Å². The number of aromatic amines is 1. The van der Waals surface area contributed by atoms with Gasteiger partial charge >= 0.3 is 0 Å². The Labute approximate surface area is 96.3 Å². The second kappa shape index (κ2) is 4.66. The summed E-state index contributed by atoms with van der Waals surface area (Å²) in [6.07, 6.45) is 0.954. The van der Waals surface area contributed by atoms with E-state index in [1.165, 1.54) is 5.56 Å². The quantitative estimate of drug-likeness (QED) is 0.826. The number of rotatable bonds is 4. The van der Waals surface area contributed by atoms with E-state index in [1.807, 2.05) is 7.05 Å². The van der Waals surface area contributed by atoms with Crippen LogP contribution in [0.2, 0.25) is 0 Å². The van der Waals surface area contributed by atoms with Crippen LogP contribution in [0.1, 0.15) is 31.2 Å². The summed E-state index contributed by atoms with van der Waals surface area (Å²) in [5.74, 6) is 1.59. The van der Waals surface area contributed by atoms with Crippen LogP contribution in [0.25, 0.3) is 11.0 Å². The zero-order valence-corrected chi connectivity index (χ0v) is 10.2. The molecule has 0 aliphatic rings. The Bertz CT molecular complexity index is 473. The molecule has 0 saturated heterocycles. The summed E-state index contributed by atoms with van der Waals surface area (Å²) in [7, 11) is 1.99. The highest BCUT2D eigenvalue weighted by Gasteiger charge is 2.07. The molecule has 0 fully saturated rings. The van der Waals surface area contributed by atoms with E-state index in [9.17, 15) is 0 Å². The highest BCUT2D eigenvalue weighted by Crippen LogP contribution is 2.20. The summed E-state index contributed by atoms with van der Waals surface area (Å²) in [5.41, 5.74) is 3.57. The fourth-order valence-corrected chi connectivity index (χ4v) is 1.98. The topological polar surface area (TPSA) is 40.7 Å². The Morgan fingerprint density at radius 2 is 2.25 bits per heavy atom. The van der Waals surface area contributed by atoms with Crippen LogP contribution in [0.15, 0.2) is 18.2 Å². The minimum atomic E-state index is 0.530. The van der Waals surface area contributed by atoms with Crippen molar-refractivity contribution in [2.75, 3.05) is 13.6 Å². The second-order valence-electron chi connectivity index (χ2n) is 4.27. The highest BCUT2D eigenvalue weighted by molar-refractivity contribution is 5.76. The van der Waals surface area contributed by atoms with Gasteiger partial charge in [0.15, 0.2) is 0 Å². The van der Waals surface area contributed by atoms with Crippen LogP contribution in [0.4, 0.5) is 0 Å². The SMILES string of the molecule is CCc1nc2ccc(C(C)CNC)cc2[nH]1. The van der Waals surface area contributed by atoms with Gasteiger partial charge < -0.3 is 10.3 Å². The van der Waals surface area contributed by atoms with Crippen molar-refractivity contribution >= 4 is 11.0 Å². The molecule has 1 heterocycles. The summed E-state index contributed by atoms with van der Waals surface area (Å²) in [6.45, 7) is 5.34. The van der Waals surface area contributed by atoms with Crippen molar-refractivity contribution in [2.24, 2.45) is 0 Å². The van der Waals surface area contributed by atoms with Gasteiger partial charge in [0.05, 0.1) is 11.0 Å². The van der Waals surface area contributed by atoms with Crippen molar-refractivity contribution in [1.29, 1.82) is 0 Å². The fourth-order valence-electron chi connectivity index (χ4n) is 1.98. The van der Waals surface area contributed by atoms with Crippen LogP contribution in [0, 0.1) is 0 Å². The minimum absolute atomic E-state index is 0.530. The molecule has 1 aromatic heterocycles. The molecular formula is C13H19N3. The van der Waals surface area contributed by atoms with E-state index in [0.29, 0.717) is 5.92 Å². The molecule has 0 radical (unpaired) electrons. The Hall–Kier alpha value is -1.35. The summed E-state index contributed by atoms with van der Waals surface area (Å²) < 4.78 is 0. The minimum Gasteiger partial charge on any atom is -0.342 e. The molecule has 2 rings (SSSR count). The van der Waals surface area contributed by atoms with Gasteiger partial charge in [-0.2, -0.15) is 0 Å².